The monoisotopic (exact) mass is 416 g/mol. The molecule has 1 unspecified atom stereocenters. The summed E-state index contributed by atoms with van der Waals surface area (Å²) in [5.74, 6) is 4.85. The number of hydrogen-bond acceptors (Lipinski definition) is 3. The van der Waals surface area contributed by atoms with Crippen molar-refractivity contribution in [2.24, 2.45) is 46.3 Å². The molecule has 4 fully saturated rings. The van der Waals surface area contributed by atoms with Crippen LogP contribution in [0.2, 0.25) is 0 Å². The van der Waals surface area contributed by atoms with Crippen LogP contribution in [0, 0.1) is 46.3 Å². The minimum absolute atomic E-state index is 0.0177. The number of fused-ring (bicyclic) bond motifs is 5. The van der Waals surface area contributed by atoms with Gasteiger partial charge in [0, 0.05) is 19.3 Å². The van der Waals surface area contributed by atoms with Gasteiger partial charge < -0.3 is 5.11 Å². The zero-order valence-corrected chi connectivity index (χ0v) is 20.0. The van der Waals surface area contributed by atoms with E-state index < -0.39 is 5.60 Å². The van der Waals surface area contributed by atoms with Gasteiger partial charge in [0.15, 0.2) is 5.78 Å². The number of rotatable bonds is 5. The smallest absolute Gasteiger partial charge is 0.163 e. The summed E-state index contributed by atoms with van der Waals surface area (Å²) in [6.45, 7) is 10.7. The first-order chi connectivity index (χ1) is 14.0. The fourth-order valence-electron chi connectivity index (χ4n) is 8.89. The maximum atomic E-state index is 12.3. The summed E-state index contributed by atoms with van der Waals surface area (Å²) in [6, 6.07) is 0. The van der Waals surface area contributed by atoms with Crippen LogP contribution in [0.4, 0.5) is 0 Å². The van der Waals surface area contributed by atoms with Gasteiger partial charge in [0.2, 0.25) is 0 Å². The average Bonchev–Trinajstić information content (AvgIpc) is 3.03. The summed E-state index contributed by atoms with van der Waals surface area (Å²) < 4.78 is 0. The van der Waals surface area contributed by atoms with E-state index in [1.807, 2.05) is 0 Å². The van der Waals surface area contributed by atoms with Crippen molar-refractivity contribution in [3.05, 3.63) is 0 Å². The molecule has 3 heteroatoms. The first-order valence-corrected chi connectivity index (χ1v) is 12.7. The van der Waals surface area contributed by atoms with Crippen LogP contribution in [0.15, 0.2) is 0 Å². The van der Waals surface area contributed by atoms with Crippen LogP contribution in [0.3, 0.4) is 0 Å². The van der Waals surface area contributed by atoms with Crippen LogP contribution in [-0.4, -0.2) is 22.3 Å². The number of hydrogen-bond donors (Lipinski definition) is 1. The highest BCUT2D eigenvalue weighted by Gasteiger charge is 2.60. The molecule has 0 aromatic carbocycles. The Bertz CT molecular complexity index is 691. The van der Waals surface area contributed by atoms with E-state index in [1.165, 1.54) is 38.5 Å². The first-order valence-electron chi connectivity index (χ1n) is 12.7. The Morgan fingerprint density at radius 1 is 1.07 bits per heavy atom. The third-order valence-corrected chi connectivity index (χ3v) is 10.8. The van der Waals surface area contributed by atoms with Crippen molar-refractivity contribution in [2.45, 2.75) is 111 Å². The van der Waals surface area contributed by atoms with E-state index in [-0.39, 0.29) is 5.78 Å². The maximum Gasteiger partial charge on any atom is 0.163 e. The highest BCUT2D eigenvalue weighted by atomic mass is 16.3. The van der Waals surface area contributed by atoms with Gasteiger partial charge in [0.1, 0.15) is 11.4 Å². The average molecular weight is 417 g/mol. The predicted molar refractivity (Wildman–Crippen MR) is 120 cm³/mol. The standard InChI is InChI=1S/C27H44O3/c1-17(6-11-24(29)25(2,3)30)21-9-10-22-20-8-7-18-16-19(28)12-14-26(18,4)23(20)13-15-27(21,22)5/h17-18,20-23,30H,6-16H2,1-5H3/t17-,18?,20+,21-,22+,23+,26+,27-/m1/s1. The summed E-state index contributed by atoms with van der Waals surface area (Å²) in [5.41, 5.74) is -0.400. The van der Waals surface area contributed by atoms with Crippen molar-refractivity contribution in [3.63, 3.8) is 0 Å². The van der Waals surface area contributed by atoms with Gasteiger partial charge in [0.25, 0.3) is 0 Å². The van der Waals surface area contributed by atoms with Crippen molar-refractivity contribution in [3.8, 4) is 0 Å². The van der Waals surface area contributed by atoms with Gasteiger partial charge >= 0.3 is 0 Å². The number of Topliss-reactive ketones (excluding diaryl/α,β-unsaturated/α-hetero) is 2. The molecule has 0 spiro atoms. The van der Waals surface area contributed by atoms with Gasteiger partial charge in [-0.25, -0.2) is 0 Å². The number of aliphatic hydroxyl groups is 1. The molecule has 1 N–H and O–H groups in total. The first kappa shape index (κ1) is 22.5. The topological polar surface area (TPSA) is 54.4 Å². The summed E-state index contributed by atoms with van der Waals surface area (Å²) in [6.07, 6.45) is 12.1. The van der Waals surface area contributed by atoms with Crippen molar-refractivity contribution in [1.82, 2.24) is 0 Å². The van der Waals surface area contributed by atoms with Gasteiger partial charge in [0.05, 0.1) is 0 Å². The zero-order valence-electron chi connectivity index (χ0n) is 20.0. The Morgan fingerprint density at radius 2 is 1.77 bits per heavy atom. The third-order valence-electron chi connectivity index (χ3n) is 10.8. The summed E-state index contributed by atoms with van der Waals surface area (Å²) in [4.78, 5) is 24.4. The van der Waals surface area contributed by atoms with Crippen LogP contribution < -0.4 is 0 Å². The fourth-order valence-corrected chi connectivity index (χ4v) is 8.89. The molecule has 0 amide bonds. The van der Waals surface area contributed by atoms with Gasteiger partial charge in [-0.2, -0.15) is 0 Å². The van der Waals surface area contributed by atoms with Crippen LogP contribution in [-0.2, 0) is 9.59 Å². The van der Waals surface area contributed by atoms with Gasteiger partial charge in [-0.05, 0) is 112 Å². The summed E-state index contributed by atoms with van der Waals surface area (Å²) in [7, 11) is 0. The maximum absolute atomic E-state index is 12.3. The Morgan fingerprint density at radius 3 is 2.47 bits per heavy atom. The highest BCUT2D eigenvalue weighted by molar-refractivity contribution is 5.86. The molecule has 3 nitrogen and oxygen atoms in total. The number of carbonyl (C=O) groups is 2. The van der Waals surface area contributed by atoms with Crippen LogP contribution >= 0.6 is 0 Å². The number of ketones is 2. The van der Waals surface area contributed by atoms with Crippen LogP contribution in [0.5, 0.6) is 0 Å². The van der Waals surface area contributed by atoms with Gasteiger partial charge in [-0.3, -0.25) is 9.59 Å². The SMILES string of the molecule is C[C@H](CCC(=O)C(C)(C)O)[C@H]1CC[C@H]2[C@@H]3CCC4CC(=O)CC[C@]4(C)[C@H]3CC[C@]12C. The minimum Gasteiger partial charge on any atom is -0.383 e. The second-order valence-electron chi connectivity index (χ2n) is 12.6. The van der Waals surface area contributed by atoms with Gasteiger partial charge in [-0.1, -0.05) is 20.8 Å². The molecule has 4 saturated carbocycles. The Balaban J connectivity index is 1.46. The zero-order chi connectivity index (χ0) is 21.9. The quantitative estimate of drug-likeness (QED) is 0.600. The molecule has 0 bridgehead atoms. The van der Waals surface area contributed by atoms with E-state index in [1.54, 1.807) is 13.8 Å². The Labute approximate surface area is 183 Å². The van der Waals surface area contributed by atoms with E-state index in [0.717, 1.165) is 43.4 Å². The Hall–Kier alpha value is -0.700. The summed E-state index contributed by atoms with van der Waals surface area (Å²) in [5, 5.41) is 10.00. The Kier molecular flexibility index (Phi) is 5.78. The van der Waals surface area contributed by atoms with Gasteiger partial charge in [-0.15, -0.1) is 0 Å². The van der Waals surface area contributed by atoms with E-state index in [2.05, 4.69) is 20.8 Å². The third kappa shape index (κ3) is 3.61. The largest absolute Gasteiger partial charge is 0.383 e. The molecule has 4 rings (SSSR count). The highest BCUT2D eigenvalue weighted by Crippen LogP contribution is 2.68. The number of carbonyl (C=O) groups excluding carboxylic acids is 2. The molecular weight excluding hydrogens is 372 g/mol. The van der Waals surface area contributed by atoms with E-state index in [0.29, 0.717) is 40.8 Å². The fraction of sp³-hybridized carbons (Fsp3) is 0.926. The van der Waals surface area contributed by atoms with Crippen molar-refractivity contribution < 1.29 is 14.7 Å². The van der Waals surface area contributed by atoms with Crippen molar-refractivity contribution >= 4 is 11.6 Å². The summed E-state index contributed by atoms with van der Waals surface area (Å²) >= 11 is 0. The molecule has 0 aromatic rings. The van der Waals surface area contributed by atoms with Crippen LogP contribution in [0.25, 0.3) is 0 Å². The lowest BCUT2D eigenvalue weighted by Gasteiger charge is -2.60. The van der Waals surface area contributed by atoms with Crippen molar-refractivity contribution in [2.75, 3.05) is 0 Å². The molecular formula is C27H44O3. The molecule has 0 aromatic heterocycles. The minimum atomic E-state index is -1.20. The molecule has 4 aliphatic carbocycles. The molecule has 170 valence electrons. The lowest BCUT2D eigenvalue weighted by Crippen LogP contribution is -2.53. The molecule has 8 atom stereocenters. The molecule has 0 aliphatic heterocycles. The molecule has 0 heterocycles. The lowest BCUT2D eigenvalue weighted by atomic mass is 9.44. The normalized spacial score (nSPS) is 44.7. The predicted octanol–water partition coefficient (Wildman–Crippen LogP) is 5.97. The molecule has 0 radical (unpaired) electrons. The van der Waals surface area contributed by atoms with Crippen LogP contribution in [0.1, 0.15) is 105 Å². The van der Waals surface area contributed by atoms with E-state index in [4.69, 9.17) is 0 Å². The van der Waals surface area contributed by atoms with E-state index >= 15 is 0 Å². The second kappa shape index (κ2) is 7.71. The van der Waals surface area contributed by atoms with E-state index in [9.17, 15) is 14.7 Å². The lowest BCUT2D eigenvalue weighted by molar-refractivity contribution is -0.140. The second-order valence-corrected chi connectivity index (χ2v) is 12.6. The molecule has 30 heavy (non-hydrogen) atoms. The van der Waals surface area contributed by atoms with Crippen molar-refractivity contribution in [1.29, 1.82) is 0 Å². The molecule has 0 saturated heterocycles. The molecule has 4 aliphatic rings.